The van der Waals surface area contributed by atoms with Gasteiger partial charge in [-0.3, -0.25) is 0 Å². The molecule has 0 aromatic heterocycles. The van der Waals surface area contributed by atoms with Crippen molar-refractivity contribution in [2.45, 2.75) is 26.8 Å². The summed E-state index contributed by atoms with van der Waals surface area (Å²) in [5, 5.41) is 7.25. The number of nitrogens with zero attached hydrogens (tertiary/aromatic N) is 3. The average Bonchev–Trinajstić information content (AvgIpc) is 2.26. The van der Waals surface area contributed by atoms with Crippen molar-refractivity contribution in [1.29, 1.82) is 5.41 Å². The molecule has 0 unspecified atom stereocenters. The lowest BCUT2D eigenvalue weighted by atomic mass is 10.3. The molecule has 0 saturated carbocycles. The zero-order valence-electron chi connectivity index (χ0n) is 11.4. The van der Waals surface area contributed by atoms with Crippen molar-refractivity contribution in [3.63, 3.8) is 0 Å². The van der Waals surface area contributed by atoms with Crippen molar-refractivity contribution < 1.29 is 0 Å². The molecule has 0 radical (unpaired) electrons. The van der Waals surface area contributed by atoms with E-state index in [1.54, 1.807) is 6.20 Å². The Hall–Kier alpha value is -1.78. The highest BCUT2D eigenvalue weighted by Gasteiger charge is 2.13. The second kappa shape index (κ2) is 6.73. The van der Waals surface area contributed by atoms with Crippen molar-refractivity contribution in [3.8, 4) is 0 Å². The molecule has 0 saturated heterocycles. The lowest BCUT2D eigenvalue weighted by Gasteiger charge is -2.26. The van der Waals surface area contributed by atoms with E-state index in [1.165, 1.54) is 0 Å². The van der Waals surface area contributed by atoms with Gasteiger partial charge < -0.3 is 20.9 Å². The standard InChI is InChI=1S/C12H23N5/c1-7-17(9(2)3)12(11(14)8-13)15-10(4)16(5)6/h7-9,13H,1,14H2,2-6H3/b12-11-,13-8?,15-10?. The molecule has 0 spiro atoms. The van der Waals surface area contributed by atoms with Crippen molar-refractivity contribution in [2.75, 3.05) is 14.1 Å². The minimum Gasteiger partial charge on any atom is -0.394 e. The Morgan fingerprint density at radius 2 is 1.94 bits per heavy atom. The zero-order valence-corrected chi connectivity index (χ0v) is 11.4. The van der Waals surface area contributed by atoms with E-state index < -0.39 is 0 Å². The van der Waals surface area contributed by atoms with Gasteiger partial charge >= 0.3 is 0 Å². The highest BCUT2D eigenvalue weighted by atomic mass is 15.3. The number of hydrogen-bond donors (Lipinski definition) is 2. The maximum absolute atomic E-state index is 7.25. The number of hydrogen-bond acceptors (Lipinski definition) is 4. The lowest BCUT2D eigenvalue weighted by Crippen LogP contribution is -2.29. The van der Waals surface area contributed by atoms with Gasteiger partial charge in [-0.25, -0.2) is 4.99 Å². The summed E-state index contributed by atoms with van der Waals surface area (Å²) in [6, 6.07) is 0.180. The van der Waals surface area contributed by atoms with Gasteiger partial charge in [0.2, 0.25) is 0 Å². The number of rotatable bonds is 5. The Kier molecular flexibility index (Phi) is 6.02. The second-order valence-electron chi connectivity index (χ2n) is 4.16. The fourth-order valence-corrected chi connectivity index (χ4v) is 1.13. The van der Waals surface area contributed by atoms with Crippen LogP contribution in [0, 0.1) is 5.41 Å². The maximum atomic E-state index is 7.25. The Balaban J connectivity index is 5.53. The second-order valence-corrected chi connectivity index (χ2v) is 4.16. The lowest BCUT2D eigenvalue weighted by molar-refractivity contribution is 0.378. The van der Waals surface area contributed by atoms with Gasteiger partial charge in [-0.15, -0.1) is 0 Å². The normalized spacial score (nSPS) is 13.2. The van der Waals surface area contributed by atoms with Crippen LogP contribution in [-0.2, 0) is 0 Å². The van der Waals surface area contributed by atoms with Gasteiger partial charge in [0.05, 0.1) is 5.70 Å². The predicted octanol–water partition coefficient (Wildman–Crippen LogP) is 1.60. The summed E-state index contributed by atoms with van der Waals surface area (Å²) in [5.41, 5.74) is 6.12. The predicted molar refractivity (Wildman–Crippen MR) is 74.0 cm³/mol. The first-order chi connectivity index (χ1) is 7.84. The molecule has 0 aliphatic heterocycles. The largest absolute Gasteiger partial charge is 0.394 e. The van der Waals surface area contributed by atoms with E-state index in [2.05, 4.69) is 11.6 Å². The van der Waals surface area contributed by atoms with Crippen molar-refractivity contribution in [1.82, 2.24) is 9.80 Å². The summed E-state index contributed by atoms with van der Waals surface area (Å²) in [6.07, 6.45) is 2.77. The summed E-state index contributed by atoms with van der Waals surface area (Å²) in [5.74, 6) is 1.37. The summed E-state index contributed by atoms with van der Waals surface area (Å²) in [7, 11) is 3.81. The van der Waals surface area contributed by atoms with Crippen LogP contribution in [-0.4, -0.2) is 42.0 Å². The molecule has 0 aromatic carbocycles. The van der Waals surface area contributed by atoms with Crippen LogP contribution in [0.5, 0.6) is 0 Å². The van der Waals surface area contributed by atoms with Gasteiger partial charge in [0.15, 0.2) is 5.82 Å². The maximum Gasteiger partial charge on any atom is 0.159 e. The molecule has 0 rings (SSSR count). The molecule has 5 heteroatoms. The topological polar surface area (TPSA) is 68.7 Å². The molecule has 0 aliphatic rings. The summed E-state index contributed by atoms with van der Waals surface area (Å²) in [4.78, 5) is 8.17. The fourth-order valence-electron chi connectivity index (χ4n) is 1.13. The Morgan fingerprint density at radius 1 is 1.41 bits per heavy atom. The number of aliphatic imine (C=N–C) groups is 1. The Bertz CT molecular complexity index is 339. The van der Waals surface area contributed by atoms with Gasteiger partial charge in [0, 0.05) is 26.4 Å². The summed E-state index contributed by atoms with van der Waals surface area (Å²) >= 11 is 0. The van der Waals surface area contributed by atoms with Crippen LogP contribution in [0.2, 0.25) is 0 Å². The molecule has 0 atom stereocenters. The molecule has 96 valence electrons. The molecule has 3 N–H and O–H groups in total. The number of allylic oxidation sites excluding steroid dienone is 1. The van der Waals surface area contributed by atoms with Crippen LogP contribution in [0.25, 0.3) is 0 Å². The van der Waals surface area contributed by atoms with Crippen LogP contribution in [0.4, 0.5) is 0 Å². The number of nitrogens with two attached hydrogens (primary N) is 1. The van der Waals surface area contributed by atoms with Crippen LogP contribution < -0.4 is 5.73 Å². The van der Waals surface area contributed by atoms with E-state index in [9.17, 15) is 0 Å². The Morgan fingerprint density at radius 3 is 2.24 bits per heavy atom. The molecule has 0 bridgehead atoms. The fraction of sp³-hybridized carbons (Fsp3) is 0.500. The molecule has 0 amide bonds. The SMILES string of the molecule is C=CN(/C(N=C(C)N(C)C)=C(\N)C=N)C(C)C. The molecular formula is C12H23N5. The quantitative estimate of drug-likeness (QED) is 0.563. The van der Waals surface area contributed by atoms with Crippen molar-refractivity contribution in [3.05, 3.63) is 24.3 Å². The van der Waals surface area contributed by atoms with Gasteiger partial charge in [0.1, 0.15) is 5.84 Å². The van der Waals surface area contributed by atoms with E-state index in [0.717, 1.165) is 12.1 Å². The third kappa shape index (κ3) is 4.30. The Labute approximate surface area is 104 Å². The highest BCUT2D eigenvalue weighted by Crippen LogP contribution is 2.13. The third-order valence-corrected chi connectivity index (χ3v) is 2.33. The molecule has 5 nitrogen and oxygen atoms in total. The van der Waals surface area contributed by atoms with Crippen LogP contribution in [0.1, 0.15) is 20.8 Å². The van der Waals surface area contributed by atoms with Gasteiger partial charge in [-0.2, -0.15) is 0 Å². The van der Waals surface area contributed by atoms with E-state index in [4.69, 9.17) is 11.1 Å². The minimum absolute atomic E-state index is 0.180. The first-order valence-electron chi connectivity index (χ1n) is 5.48. The van der Waals surface area contributed by atoms with Crippen LogP contribution in [0.3, 0.4) is 0 Å². The average molecular weight is 237 g/mol. The number of nitrogens with one attached hydrogen (secondary N) is 1. The van der Waals surface area contributed by atoms with E-state index in [0.29, 0.717) is 11.5 Å². The monoisotopic (exact) mass is 237 g/mol. The molecule has 17 heavy (non-hydrogen) atoms. The van der Waals surface area contributed by atoms with Crippen molar-refractivity contribution in [2.24, 2.45) is 10.7 Å². The number of amidine groups is 1. The molecule has 0 fully saturated rings. The van der Waals surface area contributed by atoms with E-state index in [-0.39, 0.29) is 6.04 Å². The van der Waals surface area contributed by atoms with Crippen molar-refractivity contribution >= 4 is 12.1 Å². The first-order valence-corrected chi connectivity index (χ1v) is 5.48. The zero-order chi connectivity index (χ0) is 13.6. The summed E-state index contributed by atoms with van der Waals surface area (Å²) in [6.45, 7) is 9.66. The molecule has 0 aromatic rings. The molecule has 0 aliphatic carbocycles. The smallest absolute Gasteiger partial charge is 0.159 e. The molecular weight excluding hydrogens is 214 g/mol. The minimum atomic E-state index is 0.180. The first kappa shape index (κ1) is 15.2. The van der Waals surface area contributed by atoms with Gasteiger partial charge in [-0.05, 0) is 27.0 Å². The third-order valence-electron chi connectivity index (χ3n) is 2.33. The van der Waals surface area contributed by atoms with E-state index in [1.807, 2.05) is 44.7 Å². The van der Waals surface area contributed by atoms with Crippen LogP contribution in [0.15, 0.2) is 29.3 Å². The van der Waals surface area contributed by atoms with Gasteiger partial charge in [0.25, 0.3) is 0 Å². The van der Waals surface area contributed by atoms with Gasteiger partial charge in [-0.1, -0.05) is 6.58 Å². The molecule has 0 heterocycles. The highest BCUT2D eigenvalue weighted by molar-refractivity contribution is 5.82. The van der Waals surface area contributed by atoms with E-state index >= 15 is 0 Å². The van der Waals surface area contributed by atoms with Crippen LogP contribution >= 0.6 is 0 Å². The summed E-state index contributed by atoms with van der Waals surface area (Å²) < 4.78 is 0.